The molecule has 2 aromatic rings. The fourth-order valence-corrected chi connectivity index (χ4v) is 4.69. The molecule has 6 heteroatoms. The van der Waals surface area contributed by atoms with E-state index in [1.807, 2.05) is 36.4 Å². The van der Waals surface area contributed by atoms with Gasteiger partial charge in [0.15, 0.2) is 0 Å². The van der Waals surface area contributed by atoms with Crippen LogP contribution in [0.25, 0.3) is 0 Å². The van der Waals surface area contributed by atoms with Crippen LogP contribution in [0.2, 0.25) is 0 Å². The Hall–Kier alpha value is -2.73. The lowest BCUT2D eigenvalue weighted by molar-refractivity contribution is -0.133. The van der Waals surface area contributed by atoms with Gasteiger partial charge in [0.2, 0.25) is 5.91 Å². The molecule has 3 atom stereocenters. The molecular formula is C26H33FN4O. The highest BCUT2D eigenvalue weighted by atomic mass is 19.1. The molecule has 2 heterocycles. The molecule has 0 bridgehead atoms. The number of hydrogen-bond donors (Lipinski definition) is 1. The lowest BCUT2D eigenvalue weighted by atomic mass is 9.84. The van der Waals surface area contributed by atoms with Crippen molar-refractivity contribution in [3.63, 3.8) is 0 Å². The molecule has 2 aliphatic heterocycles. The molecule has 1 saturated heterocycles. The van der Waals surface area contributed by atoms with Crippen molar-refractivity contribution in [2.24, 2.45) is 10.4 Å². The first-order valence-corrected chi connectivity index (χ1v) is 11.4. The SMILES string of the molecule is CC(C)(C)[C@H](C1=NC(c2ccccc2)CN1Cc1ccccc1)N1C[C@H](F)CNCC1=O. The third-order valence-electron chi connectivity index (χ3n) is 6.14. The first kappa shape index (κ1) is 22.5. The Morgan fingerprint density at radius 1 is 1.06 bits per heavy atom. The summed E-state index contributed by atoms with van der Waals surface area (Å²) in [5, 5.41) is 2.94. The molecule has 2 aromatic carbocycles. The zero-order valence-corrected chi connectivity index (χ0v) is 19.2. The number of carbonyl (C=O) groups excluding carboxylic acids is 1. The molecule has 0 saturated carbocycles. The molecule has 1 amide bonds. The molecule has 1 fully saturated rings. The van der Waals surface area contributed by atoms with Crippen LogP contribution in [0.1, 0.15) is 37.9 Å². The summed E-state index contributed by atoms with van der Waals surface area (Å²) in [7, 11) is 0. The second-order valence-electron chi connectivity index (χ2n) is 9.82. The number of carbonyl (C=O) groups is 1. The van der Waals surface area contributed by atoms with E-state index in [2.05, 4.69) is 55.3 Å². The van der Waals surface area contributed by atoms with E-state index in [0.29, 0.717) is 6.54 Å². The lowest BCUT2D eigenvalue weighted by Gasteiger charge is -2.42. The molecular weight excluding hydrogens is 403 g/mol. The smallest absolute Gasteiger partial charge is 0.237 e. The minimum absolute atomic E-state index is 0.0128. The van der Waals surface area contributed by atoms with Gasteiger partial charge in [-0.1, -0.05) is 81.4 Å². The average Bonchev–Trinajstić information content (AvgIpc) is 3.08. The number of aliphatic imine (C=N–C) groups is 1. The highest BCUT2D eigenvalue weighted by Gasteiger charge is 2.43. The number of alkyl halides is 1. The molecule has 32 heavy (non-hydrogen) atoms. The van der Waals surface area contributed by atoms with Gasteiger partial charge in [-0.05, 0) is 16.5 Å². The highest BCUT2D eigenvalue weighted by Crippen LogP contribution is 2.34. The second-order valence-corrected chi connectivity index (χ2v) is 9.82. The van der Waals surface area contributed by atoms with Crippen LogP contribution in [0, 0.1) is 5.41 Å². The summed E-state index contributed by atoms with van der Waals surface area (Å²) in [5.41, 5.74) is 2.04. The molecule has 170 valence electrons. The predicted molar refractivity (Wildman–Crippen MR) is 126 cm³/mol. The number of benzene rings is 2. The van der Waals surface area contributed by atoms with E-state index in [1.54, 1.807) is 4.90 Å². The Morgan fingerprint density at radius 2 is 1.72 bits per heavy atom. The van der Waals surface area contributed by atoms with Crippen LogP contribution in [0.5, 0.6) is 0 Å². The van der Waals surface area contributed by atoms with E-state index < -0.39 is 6.17 Å². The number of halogens is 1. The first-order chi connectivity index (χ1) is 15.3. The van der Waals surface area contributed by atoms with Crippen molar-refractivity contribution >= 4 is 11.7 Å². The molecule has 4 rings (SSSR count). The van der Waals surface area contributed by atoms with Gasteiger partial charge in [-0.15, -0.1) is 0 Å². The molecule has 2 aliphatic rings. The maximum atomic E-state index is 14.6. The normalized spacial score (nSPS) is 23.1. The number of hydrogen-bond acceptors (Lipinski definition) is 4. The number of nitrogens with zero attached hydrogens (tertiary/aromatic N) is 3. The van der Waals surface area contributed by atoms with E-state index in [-0.39, 0.29) is 43.0 Å². The van der Waals surface area contributed by atoms with Gasteiger partial charge in [0.1, 0.15) is 12.0 Å². The molecule has 0 spiro atoms. The van der Waals surface area contributed by atoms with E-state index in [9.17, 15) is 9.18 Å². The van der Waals surface area contributed by atoms with Crippen LogP contribution in [0.3, 0.4) is 0 Å². The Balaban J connectivity index is 1.74. The second kappa shape index (κ2) is 9.41. The highest BCUT2D eigenvalue weighted by molar-refractivity contribution is 5.94. The lowest BCUT2D eigenvalue weighted by Crippen LogP contribution is -2.57. The summed E-state index contributed by atoms with van der Waals surface area (Å²) in [6.07, 6.45) is -1.10. The molecule has 0 radical (unpaired) electrons. The van der Waals surface area contributed by atoms with Crippen molar-refractivity contribution in [1.29, 1.82) is 0 Å². The first-order valence-electron chi connectivity index (χ1n) is 11.4. The quantitative estimate of drug-likeness (QED) is 0.775. The van der Waals surface area contributed by atoms with Crippen molar-refractivity contribution in [2.75, 3.05) is 26.2 Å². The molecule has 5 nitrogen and oxygen atoms in total. The van der Waals surface area contributed by atoms with Gasteiger partial charge in [-0.2, -0.15) is 0 Å². The van der Waals surface area contributed by atoms with Crippen molar-refractivity contribution in [3.8, 4) is 0 Å². The predicted octanol–water partition coefficient (Wildman–Crippen LogP) is 3.83. The van der Waals surface area contributed by atoms with Crippen LogP contribution < -0.4 is 5.32 Å². The van der Waals surface area contributed by atoms with E-state index >= 15 is 0 Å². The van der Waals surface area contributed by atoms with Crippen molar-refractivity contribution < 1.29 is 9.18 Å². The van der Waals surface area contributed by atoms with Crippen LogP contribution in [-0.2, 0) is 11.3 Å². The minimum atomic E-state index is -1.10. The van der Waals surface area contributed by atoms with Gasteiger partial charge < -0.3 is 15.1 Å². The minimum Gasteiger partial charge on any atom is -0.352 e. The van der Waals surface area contributed by atoms with Gasteiger partial charge >= 0.3 is 0 Å². The average molecular weight is 437 g/mol. The zero-order valence-electron chi connectivity index (χ0n) is 19.2. The van der Waals surface area contributed by atoms with Crippen molar-refractivity contribution in [3.05, 3.63) is 71.8 Å². The standard InChI is InChI=1S/C26H33FN4O/c1-26(2,3)24(31-17-21(27)14-28-15-23(31)32)25-29-22(20-12-8-5-9-13-20)18-30(25)16-19-10-6-4-7-11-19/h4-13,21-22,24,28H,14-18H2,1-3H3/t21-,22?,24+/m1/s1. The Labute approximate surface area is 190 Å². The number of amidine groups is 1. The van der Waals surface area contributed by atoms with Crippen molar-refractivity contribution in [1.82, 2.24) is 15.1 Å². The fraction of sp³-hybridized carbons (Fsp3) is 0.462. The fourth-order valence-electron chi connectivity index (χ4n) is 4.69. The van der Waals surface area contributed by atoms with E-state index in [4.69, 9.17) is 4.99 Å². The summed E-state index contributed by atoms with van der Waals surface area (Å²) in [5.74, 6) is 0.799. The zero-order chi connectivity index (χ0) is 22.7. The maximum Gasteiger partial charge on any atom is 0.237 e. The Kier molecular flexibility index (Phi) is 6.60. The van der Waals surface area contributed by atoms with E-state index in [1.165, 1.54) is 5.56 Å². The summed E-state index contributed by atoms with van der Waals surface area (Å²) in [6.45, 7) is 8.20. The third kappa shape index (κ3) is 5.01. The van der Waals surface area contributed by atoms with Crippen molar-refractivity contribution in [2.45, 2.75) is 45.6 Å². The number of amides is 1. The number of rotatable bonds is 5. The third-order valence-corrected chi connectivity index (χ3v) is 6.14. The Morgan fingerprint density at radius 3 is 2.38 bits per heavy atom. The molecule has 0 aromatic heterocycles. The van der Waals surface area contributed by atoms with Gasteiger partial charge in [-0.3, -0.25) is 9.79 Å². The maximum absolute atomic E-state index is 14.6. The summed E-state index contributed by atoms with van der Waals surface area (Å²) in [6, 6.07) is 20.2. The van der Waals surface area contributed by atoms with Gasteiger partial charge in [-0.25, -0.2) is 4.39 Å². The van der Waals surface area contributed by atoms with Crippen LogP contribution in [-0.4, -0.2) is 59.9 Å². The topological polar surface area (TPSA) is 47.9 Å². The van der Waals surface area contributed by atoms with Crippen LogP contribution in [0.15, 0.2) is 65.7 Å². The summed E-state index contributed by atoms with van der Waals surface area (Å²) in [4.78, 5) is 22.2. The summed E-state index contributed by atoms with van der Waals surface area (Å²) < 4.78 is 14.6. The number of nitrogens with one attached hydrogen (secondary N) is 1. The van der Waals surface area contributed by atoms with Crippen LogP contribution in [0.4, 0.5) is 4.39 Å². The Bertz CT molecular complexity index is 941. The largest absolute Gasteiger partial charge is 0.352 e. The van der Waals surface area contributed by atoms with Gasteiger partial charge in [0.05, 0.1) is 25.2 Å². The monoisotopic (exact) mass is 436 g/mol. The van der Waals surface area contributed by atoms with Crippen LogP contribution >= 0.6 is 0 Å². The van der Waals surface area contributed by atoms with Gasteiger partial charge in [0, 0.05) is 19.6 Å². The van der Waals surface area contributed by atoms with E-state index in [0.717, 1.165) is 17.9 Å². The molecule has 0 aliphatic carbocycles. The molecule has 1 unspecified atom stereocenters. The van der Waals surface area contributed by atoms with Gasteiger partial charge in [0.25, 0.3) is 0 Å². The molecule has 1 N–H and O–H groups in total. The summed E-state index contributed by atoms with van der Waals surface area (Å²) >= 11 is 0.